The highest BCUT2D eigenvalue weighted by molar-refractivity contribution is 7.12. The zero-order valence-electron chi connectivity index (χ0n) is 16.7. The van der Waals surface area contributed by atoms with E-state index >= 15 is 0 Å². The number of hydrogen-bond acceptors (Lipinski definition) is 5. The maximum Gasteiger partial charge on any atom is 0.263 e. The van der Waals surface area contributed by atoms with Gasteiger partial charge in [0.1, 0.15) is 0 Å². The number of guanidine groups is 1. The summed E-state index contributed by atoms with van der Waals surface area (Å²) in [4.78, 5) is 22.5. The lowest BCUT2D eigenvalue weighted by atomic mass is 9.91. The third-order valence-corrected chi connectivity index (χ3v) is 5.98. The van der Waals surface area contributed by atoms with Crippen LogP contribution in [-0.2, 0) is 0 Å². The zero-order chi connectivity index (χ0) is 21.2. The van der Waals surface area contributed by atoms with Gasteiger partial charge < -0.3 is 15.5 Å². The maximum absolute atomic E-state index is 12.9. The molecule has 2 aromatic heterocycles. The summed E-state index contributed by atoms with van der Waals surface area (Å²) in [7, 11) is 0. The average Bonchev–Trinajstić information content (AvgIpc) is 3.30. The molecule has 3 heterocycles. The number of pyridine rings is 1. The van der Waals surface area contributed by atoms with Gasteiger partial charge in [-0.05, 0) is 48.8 Å². The molecular weight excluding hydrogens is 403 g/mol. The van der Waals surface area contributed by atoms with Crippen LogP contribution in [0.3, 0.4) is 0 Å². The van der Waals surface area contributed by atoms with Crippen LogP contribution >= 0.6 is 11.3 Å². The molecule has 2 aromatic rings. The number of thiophene rings is 1. The lowest BCUT2D eigenvalue weighted by Crippen LogP contribution is -2.38. The molecule has 0 aliphatic carbocycles. The number of carbonyl (C=O) groups is 1. The number of unbranched alkanes of at least 4 members (excludes halogenated alkanes) is 1. The van der Waals surface area contributed by atoms with Crippen LogP contribution in [0.1, 0.15) is 41.8 Å². The molecule has 0 saturated carbocycles. The fourth-order valence-electron chi connectivity index (χ4n) is 3.49. The number of anilines is 1. The molecule has 7 nitrogen and oxygen atoms in total. The Balaban J connectivity index is 1.32. The molecule has 1 aliphatic heterocycles. The number of aliphatic imine (C=N–C) groups is 1. The van der Waals surface area contributed by atoms with E-state index in [1.54, 1.807) is 6.19 Å². The van der Waals surface area contributed by atoms with Crippen molar-refractivity contribution in [2.75, 3.05) is 25.0 Å². The Morgan fingerprint density at radius 2 is 2.17 bits per heavy atom. The fourth-order valence-corrected chi connectivity index (χ4v) is 4.18. The van der Waals surface area contributed by atoms with Crippen LogP contribution in [0.4, 0.5) is 10.1 Å². The van der Waals surface area contributed by atoms with Gasteiger partial charge in [-0.15, -0.1) is 16.3 Å². The largest absolute Gasteiger partial charge is 0.355 e. The fraction of sp³-hybridized carbons (Fsp3) is 0.429. The molecule has 0 aromatic carbocycles. The van der Waals surface area contributed by atoms with Gasteiger partial charge in [0.05, 0.1) is 16.8 Å². The van der Waals surface area contributed by atoms with E-state index in [4.69, 9.17) is 5.26 Å². The normalized spacial score (nSPS) is 14.9. The summed E-state index contributed by atoms with van der Waals surface area (Å²) in [5, 5.41) is 16.8. The third-order valence-electron chi connectivity index (χ3n) is 5.12. The second-order valence-corrected chi connectivity index (χ2v) is 8.14. The number of aromatic nitrogens is 1. The topological polar surface area (TPSA) is 93.4 Å². The van der Waals surface area contributed by atoms with Crippen molar-refractivity contribution in [2.24, 2.45) is 10.9 Å². The Labute approximate surface area is 179 Å². The van der Waals surface area contributed by atoms with Crippen LogP contribution in [0.2, 0.25) is 0 Å². The minimum Gasteiger partial charge on any atom is -0.355 e. The van der Waals surface area contributed by atoms with E-state index in [1.807, 2.05) is 22.4 Å². The summed E-state index contributed by atoms with van der Waals surface area (Å²) in [6.07, 6.45) is 8.33. The predicted octanol–water partition coefficient (Wildman–Crippen LogP) is 3.84. The SMILES string of the molecule is N#C/N=C(\NCCCCC1CCN(C(=O)c2cccs2)CC1)Nc1ccc(F)nc1. The molecule has 1 fully saturated rings. The van der Waals surface area contributed by atoms with Crippen molar-refractivity contribution in [2.45, 2.75) is 32.1 Å². The first-order chi connectivity index (χ1) is 14.7. The number of rotatable bonds is 7. The van der Waals surface area contributed by atoms with Gasteiger partial charge in [-0.1, -0.05) is 18.9 Å². The first-order valence-electron chi connectivity index (χ1n) is 10.1. The molecule has 0 spiro atoms. The van der Waals surface area contributed by atoms with Crippen molar-refractivity contribution >= 4 is 28.9 Å². The second kappa shape index (κ2) is 11.3. The summed E-state index contributed by atoms with van der Waals surface area (Å²) in [6, 6.07) is 6.58. The Hall–Kier alpha value is -2.99. The molecular formula is C21H25FN6OS. The Morgan fingerprint density at radius 3 is 2.83 bits per heavy atom. The van der Waals surface area contributed by atoms with Crippen LogP contribution in [-0.4, -0.2) is 41.4 Å². The molecule has 2 N–H and O–H groups in total. The number of likely N-dealkylation sites (tertiary alicyclic amines) is 1. The van der Waals surface area contributed by atoms with Crippen molar-refractivity contribution in [1.82, 2.24) is 15.2 Å². The molecule has 1 saturated heterocycles. The van der Waals surface area contributed by atoms with Gasteiger partial charge >= 0.3 is 0 Å². The molecule has 0 atom stereocenters. The van der Waals surface area contributed by atoms with E-state index in [2.05, 4.69) is 20.6 Å². The van der Waals surface area contributed by atoms with Crippen molar-refractivity contribution in [3.8, 4) is 6.19 Å². The Kier molecular flexibility index (Phi) is 8.15. The first kappa shape index (κ1) is 21.7. The van der Waals surface area contributed by atoms with Gasteiger partial charge in [0, 0.05) is 19.6 Å². The number of nitrogens with zero attached hydrogens (tertiary/aromatic N) is 4. The minimum atomic E-state index is -0.561. The van der Waals surface area contributed by atoms with Crippen LogP contribution in [0.5, 0.6) is 0 Å². The van der Waals surface area contributed by atoms with E-state index in [-0.39, 0.29) is 5.91 Å². The van der Waals surface area contributed by atoms with Gasteiger partial charge in [0.25, 0.3) is 5.91 Å². The van der Waals surface area contributed by atoms with E-state index in [0.717, 1.165) is 50.1 Å². The van der Waals surface area contributed by atoms with Crippen molar-refractivity contribution < 1.29 is 9.18 Å². The third kappa shape index (κ3) is 6.52. The number of piperidine rings is 1. The first-order valence-corrected chi connectivity index (χ1v) is 11.0. The predicted molar refractivity (Wildman–Crippen MR) is 116 cm³/mol. The van der Waals surface area contributed by atoms with Crippen molar-refractivity contribution in [3.05, 3.63) is 46.7 Å². The highest BCUT2D eigenvalue weighted by atomic mass is 32.1. The average molecular weight is 429 g/mol. The van der Waals surface area contributed by atoms with Gasteiger partial charge in [-0.3, -0.25) is 4.79 Å². The maximum atomic E-state index is 12.9. The number of nitrogens with one attached hydrogen (secondary N) is 2. The quantitative estimate of drug-likeness (QED) is 0.230. The van der Waals surface area contributed by atoms with Crippen molar-refractivity contribution in [1.29, 1.82) is 5.26 Å². The molecule has 0 bridgehead atoms. The van der Waals surface area contributed by atoms with Gasteiger partial charge in [0.2, 0.25) is 18.1 Å². The minimum absolute atomic E-state index is 0.154. The van der Waals surface area contributed by atoms with Crippen LogP contribution in [0.15, 0.2) is 40.8 Å². The molecule has 0 radical (unpaired) electrons. The molecule has 30 heavy (non-hydrogen) atoms. The number of amides is 1. The van der Waals surface area contributed by atoms with E-state index < -0.39 is 5.95 Å². The van der Waals surface area contributed by atoms with Crippen LogP contribution < -0.4 is 10.6 Å². The summed E-state index contributed by atoms with van der Waals surface area (Å²) in [5.41, 5.74) is 0.557. The Bertz CT molecular complexity index is 870. The molecule has 0 unspecified atom stereocenters. The second-order valence-electron chi connectivity index (χ2n) is 7.19. The summed E-state index contributed by atoms with van der Waals surface area (Å²) in [5.74, 6) is 0.564. The lowest BCUT2D eigenvalue weighted by Gasteiger charge is -2.31. The highest BCUT2D eigenvalue weighted by Crippen LogP contribution is 2.24. The smallest absolute Gasteiger partial charge is 0.263 e. The highest BCUT2D eigenvalue weighted by Gasteiger charge is 2.23. The van der Waals surface area contributed by atoms with Gasteiger partial charge in [0.15, 0.2) is 0 Å². The molecule has 1 amide bonds. The summed E-state index contributed by atoms with van der Waals surface area (Å²) in [6.45, 7) is 2.33. The van der Waals surface area contributed by atoms with E-state index in [0.29, 0.717) is 24.1 Å². The standard InChI is InChI=1S/C21H25FN6OS/c22-19-7-6-17(14-25-19)27-21(26-15-23)24-10-2-1-4-16-8-11-28(12-9-16)20(29)18-5-3-13-30-18/h3,5-7,13-14,16H,1-2,4,8-12H2,(H2,24,26,27). The monoisotopic (exact) mass is 428 g/mol. The van der Waals surface area contributed by atoms with Gasteiger partial charge in [-0.2, -0.15) is 9.65 Å². The van der Waals surface area contributed by atoms with Crippen LogP contribution in [0, 0.1) is 23.3 Å². The Morgan fingerprint density at radius 1 is 1.33 bits per heavy atom. The van der Waals surface area contributed by atoms with Crippen molar-refractivity contribution in [3.63, 3.8) is 0 Å². The summed E-state index contributed by atoms with van der Waals surface area (Å²) < 4.78 is 12.9. The van der Waals surface area contributed by atoms with Gasteiger partial charge in [-0.25, -0.2) is 4.98 Å². The number of nitriles is 1. The summed E-state index contributed by atoms with van der Waals surface area (Å²) >= 11 is 1.50. The lowest BCUT2D eigenvalue weighted by molar-refractivity contribution is 0.0690. The van der Waals surface area contributed by atoms with E-state index in [1.165, 1.54) is 29.7 Å². The molecule has 1 aliphatic rings. The number of halogens is 1. The zero-order valence-corrected chi connectivity index (χ0v) is 17.5. The van der Waals surface area contributed by atoms with Crippen LogP contribution in [0.25, 0.3) is 0 Å². The van der Waals surface area contributed by atoms with E-state index in [9.17, 15) is 9.18 Å². The number of hydrogen-bond donors (Lipinski definition) is 2. The molecule has 9 heteroatoms. The molecule has 3 rings (SSSR count). The molecule has 158 valence electrons. The number of carbonyl (C=O) groups excluding carboxylic acids is 1.